The molecule has 1 heterocycles. The first kappa shape index (κ1) is 26.9. The van der Waals surface area contributed by atoms with Crippen LogP contribution in [0.25, 0.3) is 0 Å². The van der Waals surface area contributed by atoms with Crippen molar-refractivity contribution in [2.24, 2.45) is 0 Å². The minimum absolute atomic E-state index is 0.0114. The number of para-hydroxylation sites is 1. The molecule has 3 aromatic carbocycles. The highest BCUT2D eigenvalue weighted by atomic mass is 35.5. The summed E-state index contributed by atoms with van der Waals surface area (Å²) in [5.74, 6) is -1.04. The lowest BCUT2D eigenvalue weighted by Crippen LogP contribution is -2.38. The molecule has 8 nitrogen and oxygen atoms in total. The van der Waals surface area contributed by atoms with E-state index >= 15 is 0 Å². The molecule has 3 aromatic rings. The fraction of sp³-hybridized carbons (Fsp3) is 0.231. The second-order valence-corrected chi connectivity index (χ2v) is 11.1. The van der Waals surface area contributed by atoms with Gasteiger partial charge in [-0.3, -0.25) is 13.9 Å². The minimum Gasteiger partial charge on any atom is -0.376 e. The number of carbonyl (C=O) groups excluding carboxylic acids is 2. The van der Waals surface area contributed by atoms with Crippen molar-refractivity contribution in [2.75, 3.05) is 29.3 Å². The number of carbonyl (C=O) groups is 2. The van der Waals surface area contributed by atoms with Crippen LogP contribution in [-0.2, 0) is 19.6 Å². The lowest BCUT2D eigenvalue weighted by Gasteiger charge is -2.25. The van der Waals surface area contributed by atoms with E-state index in [2.05, 4.69) is 10.6 Å². The van der Waals surface area contributed by atoms with Gasteiger partial charge in [-0.2, -0.15) is 0 Å². The number of ether oxygens (including phenoxy) is 1. The molecule has 2 N–H and O–H groups in total. The van der Waals surface area contributed by atoms with Gasteiger partial charge in [0, 0.05) is 18.2 Å². The van der Waals surface area contributed by atoms with Crippen LogP contribution in [0.1, 0.15) is 23.2 Å². The summed E-state index contributed by atoms with van der Waals surface area (Å²) in [5, 5.41) is 5.88. The van der Waals surface area contributed by atoms with Gasteiger partial charge in [-0.25, -0.2) is 8.42 Å². The van der Waals surface area contributed by atoms with Crippen molar-refractivity contribution in [3.8, 4) is 0 Å². The highest BCUT2D eigenvalue weighted by Gasteiger charge is 2.29. The maximum Gasteiger partial charge on any atom is 0.264 e. The van der Waals surface area contributed by atoms with E-state index in [1.807, 2.05) is 0 Å². The smallest absolute Gasteiger partial charge is 0.264 e. The van der Waals surface area contributed by atoms with Crippen LogP contribution in [-0.4, -0.2) is 46.0 Å². The lowest BCUT2D eigenvalue weighted by atomic mass is 10.1. The van der Waals surface area contributed by atoms with E-state index in [1.165, 1.54) is 30.3 Å². The van der Waals surface area contributed by atoms with Crippen LogP contribution in [0, 0.1) is 0 Å². The Labute approximate surface area is 225 Å². The van der Waals surface area contributed by atoms with Gasteiger partial charge in [-0.1, -0.05) is 53.5 Å². The topological polar surface area (TPSA) is 105 Å². The van der Waals surface area contributed by atoms with Gasteiger partial charge in [-0.15, -0.1) is 0 Å². The fourth-order valence-electron chi connectivity index (χ4n) is 3.92. The molecule has 1 fully saturated rings. The highest BCUT2D eigenvalue weighted by Crippen LogP contribution is 2.32. The van der Waals surface area contributed by atoms with Crippen molar-refractivity contribution >= 4 is 56.4 Å². The first-order valence-electron chi connectivity index (χ1n) is 11.6. The molecule has 2 amide bonds. The molecule has 1 aliphatic rings. The Morgan fingerprint density at radius 2 is 1.73 bits per heavy atom. The SMILES string of the molecule is O=C(CN(c1ccc(Cl)cc1Cl)S(=O)(=O)c1ccccc1)Nc1ccccc1C(=O)NC[C@H]1CCCO1. The van der Waals surface area contributed by atoms with Crippen LogP contribution < -0.4 is 14.9 Å². The van der Waals surface area contributed by atoms with E-state index in [9.17, 15) is 18.0 Å². The average Bonchev–Trinajstić information content (AvgIpc) is 3.41. The van der Waals surface area contributed by atoms with E-state index in [0.29, 0.717) is 18.2 Å². The van der Waals surface area contributed by atoms with Crippen molar-refractivity contribution in [1.82, 2.24) is 5.32 Å². The molecule has 0 saturated carbocycles. The summed E-state index contributed by atoms with van der Waals surface area (Å²) in [4.78, 5) is 26.0. The molecule has 11 heteroatoms. The van der Waals surface area contributed by atoms with Gasteiger partial charge >= 0.3 is 0 Å². The van der Waals surface area contributed by atoms with Gasteiger partial charge < -0.3 is 15.4 Å². The largest absolute Gasteiger partial charge is 0.376 e. The second kappa shape index (κ2) is 12.0. The van der Waals surface area contributed by atoms with Crippen LogP contribution in [0.3, 0.4) is 0 Å². The third kappa shape index (κ3) is 6.61. The maximum absolute atomic E-state index is 13.5. The Kier molecular flexibility index (Phi) is 8.71. The number of benzene rings is 3. The van der Waals surface area contributed by atoms with Crippen molar-refractivity contribution in [3.63, 3.8) is 0 Å². The summed E-state index contributed by atoms with van der Waals surface area (Å²) in [6.07, 6.45) is 1.79. The Morgan fingerprint density at radius 1 is 1.00 bits per heavy atom. The summed E-state index contributed by atoms with van der Waals surface area (Å²) in [6.45, 7) is 0.441. The monoisotopic (exact) mass is 561 g/mol. The summed E-state index contributed by atoms with van der Waals surface area (Å²) in [6, 6.07) is 18.5. The predicted octanol–water partition coefficient (Wildman–Crippen LogP) is 4.74. The van der Waals surface area contributed by atoms with Crippen LogP contribution in [0.5, 0.6) is 0 Å². The Balaban J connectivity index is 1.57. The Hall–Kier alpha value is -3.11. The summed E-state index contributed by atoms with van der Waals surface area (Å²) in [5.41, 5.74) is 0.583. The Morgan fingerprint density at radius 3 is 2.43 bits per heavy atom. The van der Waals surface area contributed by atoms with Crippen molar-refractivity contribution in [2.45, 2.75) is 23.8 Å². The second-order valence-electron chi connectivity index (χ2n) is 8.36. The number of nitrogens with one attached hydrogen (secondary N) is 2. The van der Waals surface area contributed by atoms with Crippen molar-refractivity contribution in [1.29, 1.82) is 0 Å². The zero-order valence-electron chi connectivity index (χ0n) is 19.7. The van der Waals surface area contributed by atoms with E-state index in [1.54, 1.807) is 42.5 Å². The number of nitrogens with zero attached hydrogens (tertiary/aromatic N) is 1. The van der Waals surface area contributed by atoms with E-state index in [4.69, 9.17) is 27.9 Å². The van der Waals surface area contributed by atoms with E-state index in [0.717, 1.165) is 17.1 Å². The van der Waals surface area contributed by atoms with Crippen LogP contribution >= 0.6 is 23.2 Å². The normalized spacial score (nSPS) is 15.2. The molecular formula is C26H25Cl2N3O5S. The molecule has 0 aromatic heterocycles. The molecule has 0 spiro atoms. The quantitative estimate of drug-likeness (QED) is 0.392. The molecule has 0 radical (unpaired) electrons. The minimum atomic E-state index is -4.17. The number of amides is 2. The van der Waals surface area contributed by atoms with Gasteiger partial charge in [0.25, 0.3) is 15.9 Å². The third-order valence-electron chi connectivity index (χ3n) is 5.76. The summed E-state index contributed by atoms with van der Waals surface area (Å²) in [7, 11) is -4.17. The fourth-order valence-corrected chi connectivity index (χ4v) is 5.94. The molecule has 37 heavy (non-hydrogen) atoms. The number of rotatable bonds is 9. The molecule has 4 rings (SSSR count). The number of halogens is 2. The summed E-state index contributed by atoms with van der Waals surface area (Å²) < 4.78 is 33.5. The van der Waals surface area contributed by atoms with Crippen molar-refractivity contribution < 1.29 is 22.7 Å². The van der Waals surface area contributed by atoms with E-state index in [-0.39, 0.29) is 38.9 Å². The molecule has 0 bridgehead atoms. The van der Waals surface area contributed by atoms with Crippen LogP contribution in [0.2, 0.25) is 10.0 Å². The third-order valence-corrected chi connectivity index (χ3v) is 8.07. The number of anilines is 2. The van der Waals surface area contributed by atoms with Gasteiger partial charge in [0.1, 0.15) is 6.54 Å². The predicted molar refractivity (Wildman–Crippen MR) is 144 cm³/mol. The molecule has 0 aliphatic carbocycles. The van der Waals surface area contributed by atoms with Gasteiger partial charge in [0.05, 0.1) is 33.0 Å². The maximum atomic E-state index is 13.5. The zero-order chi connectivity index (χ0) is 26.4. The molecule has 1 aliphatic heterocycles. The molecule has 194 valence electrons. The van der Waals surface area contributed by atoms with E-state index < -0.39 is 22.5 Å². The van der Waals surface area contributed by atoms with Crippen molar-refractivity contribution in [3.05, 3.63) is 88.4 Å². The lowest BCUT2D eigenvalue weighted by molar-refractivity contribution is -0.114. The molecular weight excluding hydrogens is 537 g/mol. The Bertz CT molecular complexity index is 1380. The first-order chi connectivity index (χ1) is 17.8. The molecule has 0 unspecified atom stereocenters. The molecule has 1 atom stereocenters. The highest BCUT2D eigenvalue weighted by molar-refractivity contribution is 7.92. The van der Waals surface area contributed by atoms with Crippen LogP contribution in [0.4, 0.5) is 11.4 Å². The zero-order valence-corrected chi connectivity index (χ0v) is 22.0. The average molecular weight is 562 g/mol. The first-order valence-corrected chi connectivity index (χ1v) is 13.8. The van der Waals surface area contributed by atoms with Gasteiger partial charge in [-0.05, 0) is 55.3 Å². The van der Waals surface area contributed by atoms with Crippen LogP contribution in [0.15, 0.2) is 77.7 Å². The summed E-state index contributed by atoms with van der Waals surface area (Å²) >= 11 is 12.3. The molecule has 1 saturated heterocycles. The van der Waals surface area contributed by atoms with Gasteiger partial charge in [0.2, 0.25) is 5.91 Å². The van der Waals surface area contributed by atoms with Gasteiger partial charge in [0.15, 0.2) is 0 Å². The number of sulfonamides is 1. The number of hydrogen-bond acceptors (Lipinski definition) is 5. The standard InChI is InChI=1S/C26H25Cl2N3O5S/c27-18-12-13-24(22(28)15-18)31(37(34,35)20-8-2-1-3-9-20)17-25(32)30-23-11-5-4-10-21(23)26(33)29-16-19-7-6-14-36-19/h1-5,8-13,15,19H,6-7,14,16-17H2,(H,29,33)(H,30,32)/t19-/m1/s1. The number of hydrogen-bond donors (Lipinski definition) is 2.